The number of amides is 1. The number of hydrogen-bond donors (Lipinski definition) is 1. The fraction of sp³-hybridized carbons (Fsp3) is 0.385. The second kappa shape index (κ2) is 9.61. The van der Waals surface area contributed by atoms with Crippen LogP contribution < -0.4 is 5.32 Å². The van der Waals surface area contributed by atoms with Crippen LogP contribution in [0, 0.1) is 6.92 Å². The van der Waals surface area contributed by atoms with E-state index in [-0.39, 0.29) is 17.9 Å². The van der Waals surface area contributed by atoms with E-state index in [1.807, 2.05) is 55.8 Å². The van der Waals surface area contributed by atoms with Gasteiger partial charge in [-0.15, -0.1) is 0 Å². The van der Waals surface area contributed by atoms with E-state index in [0.717, 1.165) is 27.6 Å². The Labute approximate surface area is 209 Å². The Hall–Kier alpha value is -2.54. The van der Waals surface area contributed by atoms with Crippen molar-refractivity contribution in [2.45, 2.75) is 38.1 Å². The topological polar surface area (TPSA) is 69.6 Å². The standard InChI is InChI=1S/C26H28Cl2N2O4/c1-15-13-20-19(23(28)22(15)27)14-21(30(20)3)24(31)29-16(2)17-5-7-18(8-6-17)26(25(32)33-4)9-11-34-12-10-26/h5-8,13-14,16H,9-12H2,1-4H3,(H,29,31)/t16-/m1/s1. The van der Waals surface area contributed by atoms with Crippen molar-refractivity contribution in [3.63, 3.8) is 0 Å². The zero-order valence-electron chi connectivity index (χ0n) is 19.7. The summed E-state index contributed by atoms with van der Waals surface area (Å²) in [5, 5.41) is 4.74. The van der Waals surface area contributed by atoms with Crippen molar-refractivity contribution < 1.29 is 19.1 Å². The van der Waals surface area contributed by atoms with Gasteiger partial charge < -0.3 is 19.4 Å². The quantitative estimate of drug-likeness (QED) is 0.467. The van der Waals surface area contributed by atoms with Crippen LogP contribution in [0.3, 0.4) is 0 Å². The Balaban J connectivity index is 1.56. The lowest BCUT2D eigenvalue weighted by molar-refractivity contribution is -0.151. The highest BCUT2D eigenvalue weighted by Gasteiger charge is 2.42. The van der Waals surface area contributed by atoms with Crippen LogP contribution in [0.15, 0.2) is 36.4 Å². The van der Waals surface area contributed by atoms with Gasteiger partial charge in [0, 0.05) is 25.6 Å². The first-order valence-electron chi connectivity index (χ1n) is 11.2. The zero-order chi connectivity index (χ0) is 24.6. The molecular weight excluding hydrogens is 475 g/mol. The van der Waals surface area contributed by atoms with Gasteiger partial charge in [-0.3, -0.25) is 9.59 Å². The average Bonchev–Trinajstić information content (AvgIpc) is 3.18. The van der Waals surface area contributed by atoms with Gasteiger partial charge in [0.1, 0.15) is 5.69 Å². The van der Waals surface area contributed by atoms with E-state index in [9.17, 15) is 9.59 Å². The molecule has 4 rings (SSSR count). The van der Waals surface area contributed by atoms with Crippen LogP contribution in [-0.4, -0.2) is 36.8 Å². The summed E-state index contributed by atoms with van der Waals surface area (Å²) in [4.78, 5) is 25.7. The lowest BCUT2D eigenvalue weighted by Gasteiger charge is -2.35. The molecule has 0 bridgehead atoms. The van der Waals surface area contributed by atoms with Crippen LogP contribution in [0.1, 0.15) is 53.0 Å². The third kappa shape index (κ3) is 4.19. The van der Waals surface area contributed by atoms with Gasteiger partial charge in [0.25, 0.3) is 5.91 Å². The maximum atomic E-state index is 13.1. The summed E-state index contributed by atoms with van der Waals surface area (Å²) in [5.41, 5.74) is 3.34. The molecule has 3 aromatic rings. The van der Waals surface area contributed by atoms with Crippen molar-refractivity contribution in [2.24, 2.45) is 7.05 Å². The van der Waals surface area contributed by atoms with Gasteiger partial charge in [0.15, 0.2) is 0 Å². The number of nitrogens with zero attached hydrogens (tertiary/aromatic N) is 1. The van der Waals surface area contributed by atoms with Gasteiger partial charge in [-0.25, -0.2) is 0 Å². The molecule has 1 fully saturated rings. The van der Waals surface area contributed by atoms with Crippen molar-refractivity contribution in [3.8, 4) is 0 Å². The Kier molecular flexibility index (Phi) is 6.94. The van der Waals surface area contributed by atoms with E-state index in [0.29, 0.717) is 41.8 Å². The number of nitrogens with one attached hydrogen (secondary N) is 1. The molecule has 180 valence electrons. The monoisotopic (exact) mass is 502 g/mol. The van der Waals surface area contributed by atoms with Crippen molar-refractivity contribution in [2.75, 3.05) is 20.3 Å². The molecule has 1 N–H and O–H groups in total. The maximum Gasteiger partial charge on any atom is 0.316 e. The van der Waals surface area contributed by atoms with Crippen LogP contribution in [0.5, 0.6) is 0 Å². The fourth-order valence-corrected chi connectivity index (χ4v) is 5.17. The lowest BCUT2D eigenvalue weighted by atomic mass is 9.74. The summed E-state index contributed by atoms with van der Waals surface area (Å²) in [6.45, 7) is 4.84. The molecule has 1 aliphatic rings. The molecule has 2 heterocycles. The molecule has 2 aromatic carbocycles. The van der Waals surface area contributed by atoms with Gasteiger partial charge in [-0.2, -0.15) is 0 Å². The summed E-state index contributed by atoms with van der Waals surface area (Å²) >= 11 is 12.7. The highest BCUT2D eigenvalue weighted by atomic mass is 35.5. The van der Waals surface area contributed by atoms with Crippen LogP contribution in [0.4, 0.5) is 0 Å². The first-order chi connectivity index (χ1) is 16.2. The molecule has 1 aromatic heterocycles. The van der Waals surface area contributed by atoms with Crippen molar-refractivity contribution in [1.29, 1.82) is 0 Å². The second-order valence-corrected chi connectivity index (χ2v) is 9.60. The Morgan fingerprint density at radius 1 is 1.12 bits per heavy atom. The molecule has 0 aliphatic carbocycles. The van der Waals surface area contributed by atoms with Crippen molar-refractivity contribution >= 4 is 46.0 Å². The summed E-state index contributed by atoms with van der Waals surface area (Å²) in [5.74, 6) is -0.453. The molecule has 8 heteroatoms. The smallest absolute Gasteiger partial charge is 0.316 e. The molecule has 0 unspecified atom stereocenters. The number of carbonyl (C=O) groups is 2. The second-order valence-electron chi connectivity index (χ2n) is 8.85. The van der Waals surface area contributed by atoms with Gasteiger partial charge in [-0.05, 0) is 55.5 Å². The summed E-state index contributed by atoms with van der Waals surface area (Å²) in [6.07, 6.45) is 1.16. The average molecular weight is 503 g/mol. The molecule has 0 radical (unpaired) electrons. The molecule has 6 nitrogen and oxygen atoms in total. The molecule has 1 saturated heterocycles. The maximum absolute atomic E-state index is 13.1. The molecular formula is C26H28Cl2N2O4. The number of aryl methyl sites for hydroxylation is 2. The minimum absolute atomic E-state index is 0.212. The number of aromatic nitrogens is 1. The van der Waals surface area contributed by atoms with Crippen LogP contribution in [0.25, 0.3) is 10.9 Å². The minimum Gasteiger partial charge on any atom is -0.468 e. The summed E-state index contributed by atoms with van der Waals surface area (Å²) < 4.78 is 12.4. The number of halogens is 2. The summed E-state index contributed by atoms with van der Waals surface area (Å²) in [6, 6.07) is 11.2. The summed E-state index contributed by atoms with van der Waals surface area (Å²) in [7, 11) is 3.25. The first kappa shape index (κ1) is 24.6. The van der Waals surface area contributed by atoms with Crippen LogP contribution in [-0.2, 0) is 26.7 Å². The third-order valence-corrected chi connectivity index (χ3v) is 7.85. The van der Waals surface area contributed by atoms with E-state index in [2.05, 4.69) is 5.32 Å². The number of fused-ring (bicyclic) bond motifs is 1. The number of benzene rings is 2. The molecule has 0 spiro atoms. The largest absolute Gasteiger partial charge is 0.468 e. The van der Waals surface area contributed by atoms with Crippen LogP contribution >= 0.6 is 23.2 Å². The SMILES string of the molecule is COC(=O)C1(c2ccc([C@@H](C)NC(=O)c3cc4c(Cl)c(Cl)c(C)cc4n3C)cc2)CCOCC1. The lowest BCUT2D eigenvalue weighted by Crippen LogP contribution is -2.42. The van der Waals surface area contributed by atoms with Crippen LogP contribution in [0.2, 0.25) is 10.0 Å². The Morgan fingerprint density at radius 3 is 2.38 bits per heavy atom. The molecule has 0 saturated carbocycles. The van der Waals surface area contributed by atoms with Gasteiger partial charge >= 0.3 is 5.97 Å². The third-order valence-electron chi connectivity index (χ3n) is 6.87. The zero-order valence-corrected chi connectivity index (χ0v) is 21.2. The highest BCUT2D eigenvalue weighted by Crippen LogP contribution is 2.37. The van der Waals surface area contributed by atoms with Crippen molar-refractivity contribution in [1.82, 2.24) is 9.88 Å². The predicted octanol–water partition coefficient (Wildman–Crippen LogP) is 5.51. The Bertz CT molecular complexity index is 1240. The first-order valence-corrected chi connectivity index (χ1v) is 12.0. The normalized spacial score (nSPS) is 16.3. The number of carbonyl (C=O) groups excluding carboxylic acids is 2. The molecule has 1 atom stereocenters. The molecule has 34 heavy (non-hydrogen) atoms. The van der Waals surface area contributed by atoms with Gasteiger partial charge in [0.05, 0.1) is 34.1 Å². The van der Waals surface area contributed by atoms with Gasteiger partial charge in [-0.1, -0.05) is 47.5 Å². The highest BCUT2D eigenvalue weighted by molar-refractivity contribution is 6.45. The van der Waals surface area contributed by atoms with E-state index in [1.54, 1.807) is 6.07 Å². The van der Waals surface area contributed by atoms with E-state index < -0.39 is 5.41 Å². The minimum atomic E-state index is -0.695. The van der Waals surface area contributed by atoms with E-state index in [4.69, 9.17) is 32.7 Å². The Morgan fingerprint density at radius 2 is 1.76 bits per heavy atom. The molecule has 1 amide bonds. The van der Waals surface area contributed by atoms with Gasteiger partial charge in [0.2, 0.25) is 0 Å². The molecule has 1 aliphatic heterocycles. The van der Waals surface area contributed by atoms with Crippen molar-refractivity contribution in [3.05, 3.63) is 68.8 Å². The number of methoxy groups -OCH3 is 1. The fourth-order valence-electron chi connectivity index (χ4n) is 4.72. The predicted molar refractivity (Wildman–Crippen MR) is 134 cm³/mol. The number of ether oxygens (including phenoxy) is 2. The number of hydrogen-bond acceptors (Lipinski definition) is 4. The number of rotatable bonds is 5. The number of esters is 1. The van der Waals surface area contributed by atoms with E-state index >= 15 is 0 Å². The van der Waals surface area contributed by atoms with E-state index in [1.165, 1.54) is 7.11 Å².